The molecule has 0 radical (unpaired) electrons. The highest BCUT2D eigenvalue weighted by Crippen LogP contribution is 2.12. The molecule has 1 heterocycles. The average Bonchev–Trinajstić information content (AvgIpc) is 2.02. The normalized spacial score (nSPS) is 11.7. The van der Waals surface area contributed by atoms with Crippen LogP contribution in [0.1, 0.15) is 13.8 Å². The van der Waals surface area contributed by atoms with Crippen LogP contribution in [-0.4, -0.2) is 18.7 Å². The van der Waals surface area contributed by atoms with E-state index in [1.807, 2.05) is 0 Å². The molecule has 0 atom stereocenters. The first-order valence-electron chi connectivity index (χ1n) is 4.06. The molecule has 0 spiro atoms. The van der Waals surface area contributed by atoms with Crippen LogP contribution in [0.5, 0.6) is 0 Å². The van der Waals surface area contributed by atoms with E-state index in [1.54, 1.807) is 32.0 Å². The van der Waals surface area contributed by atoms with Gasteiger partial charge in [-0.2, -0.15) is 0 Å². The molecule has 6 heteroatoms. The standard InChI is InChI=1S/C8H11BrN2O2S/c1-6(2)14(12,13)11-8-5-3-4-7(9)10-8/h3-6H,1-2H3,(H,10,11). The van der Waals surface area contributed by atoms with E-state index >= 15 is 0 Å². The predicted octanol–water partition coefficient (Wildman–Crippen LogP) is 1.99. The molecule has 0 amide bonds. The van der Waals surface area contributed by atoms with Gasteiger partial charge in [-0.05, 0) is 41.9 Å². The lowest BCUT2D eigenvalue weighted by Crippen LogP contribution is -2.22. The Kier molecular flexibility index (Phi) is 3.49. The van der Waals surface area contributed by atoms with Gasteiger partial charge in [0, 0.05) is 0 Å². The highest BCUT2D eigenvalue weighted by molar-refractivity contribution is 9.10. The van der Waals surface area contributed by atoms with Gasteiger partial charge in [0.15, 0.2) is 0 Å². The molecule has 0 saturated carbocycles. The van der Waals surface area contributed by atoms with Gasteiger partial charge in [-0.3, -0.25) is 4.72 Å². The number of rotatable bonds is 3. The van der Waals surface area contributed by atoms with Gasteiger partial charge in [-0.25, -0.2) is 13.4 Å². The van der Waals surface area contributed by atoms with E-state index in [-0.39, 0.29) is 0 Å². The highest BCUT2D eigenvalue weighted by atomic mass is 79.9. The molecule has 1 aromatic heterocycles. The molecule has 0 aromatic carbocycles. The Balaban J connectivity index is 2.90. The molecule has 0 aliphatic carbocycles. The van der Waals surface area contributed by atoms with E-state index in [4.69, 9.17) is 0 Å². The summed E-state index contributed by atoms with van der Waals surface area (Å²) in [6.07, 6.45) is 0. The van der Waals surface area contributed by atoms with Crippen LogP contribution in [0, 0.1) is 0 Å². The van der Waals surface area contributed by atoms with Crippen LogP contribution in [-0.2, 0) is 10.0 Å². The molecule has 0 fully saturated rings. The number of hydrogen-bond acceptors (Lipinski definition) is 3. The highest BCUT2D eigenvalue weighted by Gasteiger charge is 2.15. The molecule has 14 heavy (non-hydrogen) atoms. The number of sulfonamides is 1. The van der Waals surface area contributed by atoms with Crippen molar-refractivity contribution in [1.82, 2.24) is 4.98 Å². The van der Waals surface area contributed by atoms with Crippen molar-refractivity contribution >= 4 is 31.8 Å². The van der Waals surface area contributed by atoms with Gasteiger partial charge in [0.1, 0.15) is 10.4 Å². The van der Waals surface area contributed by atoms with Gasteiger partial charge in [-0.15, -0.1) is 0 Å². The first-order chi connectivity index (χ1) is 6.42. The summed E-state index contributed by atoms with van der Waals surface area (Å²) in [6.45, 7) is 3.22. The van der Waals surface area contributed by atoms with Gasteiger partial charge in [0.05, 0.1) is 5.25 Å². The van der Waals surface area contributed by atoms with E-state index in [0.717, 1.165) is 0 Å². The number of nitrogens with one attached hydrogen (secondary N) is 1. The maximum atomic E-state index is 11.4. The maximum Gasteiger partial charge on any atom is 0.236 e. The number of hydrogen-bond donors (Lipinski definition) is 1. The second-order valence-corrected chi connectivity index (χ2v) is 6.09. The smallest absolute Gasteiger partial charge is 0.236 e. The van der Waals surface area contributed by atoms with Crippen LogP contribution >= 0.6 is 15.9 Å². The summed E-state index contributed by atoms with van der Waals surface area (Å²) >= 11 is 3.16. The number of nitrogens with zero attached hydrogens (tertiary/aromatic N) is 1. The third kappa shape index (κ3) is 2.95. The molecule has 0 unspecified atom stereocenters. The van der Waals surface area contributed by atoms with Gasteiger partial charge in [-0.1, -0.05) is 6.07 Å². The van der Waals surface area contributed by atoms with Crippen molar-refractivity contribution in [2.75, 3.05) is 4.72 Å². The summed E-state index contributed by atoms with van der Waals surface area (Å²) in [5.41, 5.74) is 0. The Morgan fingerprint density at radius 1 is 1.43 bits per heavy atom. The largest absolute Gasteiger partial charge is 0.267 e. The van der Waals surface area contributed by atoms with E-state index in [0.29, 0.717) is 10.4 Å². The first-order valence-corrected chi connectivity index (χ1v) is 6.40. The predicted molar refractivity (Wildman–Crippen MR) is 59.6 cm³/mol. The van der Waals surface area contributed by atoms with Crippen molar-refractivity contribution in [2.45, 2.75) is 19.1 Å². The molecule has 0 saturated heterocycles. The van der Waals surface area contributed by atoms with E-state index < -0.39 is 15.3 Å². The van der Waals surface area contributed by atoms with Crippen LogP contribution < -0.4 is 4.72 Å². The first kappa shape index (κ1) is 11.5. The Hall–Kier alpha value is -0.620. The summed E-state index contributed by atoms with van der Waals surface area (Å²) < 4.78 is 25.9. The Labute approximate surface area is 91.9 Å². The monoisotopic (exact) mass is 278 g/mol. The van der Waals surface area contributed by atoms with Crippen molar-refractivity contribution in [3.63, 3.8) is 0 Å². The van der Waals surface area contributed by atoms with Gasteiger partial charge < -0.3 is 0 Å². The Bertz CT molecular complexity index is 417. The third-order valence-electron chi connectivity index (χ3n) is 1.58. The fraction of sp³-hybridized carbons (Fsp3) is 0.375. The molecular formula is C8H11BrN2O2S. The molecule has 0 aliphatic rings. The van der Waals surface area contributed by atoms with Crippen molar-refractivity contribution in [3.05, 3.63) is 22.8 Å². The van der Waals surface area contributed by atoms with Crippen LogP contribution in [0.3, 0.4) is 0 Å². The summed E-state index contributed by atoms with van der Waals surface area (Å²) in [4.78, 5) is 3.97. The number of aromatic nitrogens is 1. The fourth-order valence-electron chi connectivity index (χ4n) is 0.729. The summed E-state index contributed by atoms with van der Waals surface area (Å²) in [5, 5.41) is -0.469. The van der Waals surface area contributed by atoms with Crippen LogP contribution in [0.4, 0.5) is 5.82 Å². The number of halogens is 1. The Morgan fingerprint density at radius 2 is 2.07 bits per heavy atom. The molecule has 78 valence electrons. The average molecular weight is 279 g/mol. The summed E-state index contributed by atoms with van der Waals surface area (Å²) in [5.74, 6) is 0.327. The minimum Gasteiger partial charge on any atom is -0.267 e. The van der Waals surface area contributed by atoms with Crippen LogP contribution in [0.2, 0.25) is 0 Å². The molecular weight excluding hydrogens is 268 g/mol. The quantitative estimate of drug-likeness (QED) is 0.861. The molecule has 1 rings (SSSR count). The number of pyridine rings is 1. The fourth-order valence-corrected chi connectivity index (χ4v) is 1.71. The number of anilines is 1. The van der Waals surface area contributed by atoms with E-state index in [9.17, 15) is 8.42 Å². The van der Waals surface area contributed by atoms with Crippen molar-refractivity contribution in [1.29, 1.82) is 0 Å². The summed E-state index contributed by atoms with van der Waals surface area (Å²) in [6, 6.07) is 5.05. The topological polar surface area (TPSA) is 59.1 Å². The minimum absolute atomic E-state index is 0.327. The zero-order chi connectivity index (χ0) is 10.8. The van der Waals surface area contributed by atoms with Gasteiger partial charge >= 0.3 is 0 Å². The molecule has 4 nitrogen and oxygen atoms in total. The van der Waals surface area contributed by atoms with Crippen LogP contribution in [0.25, 0.3) is 0 Å². The zero-order valence-electron chi connectivity index (χ0n) is 7.86. The molecule has 0 aliphatic heterocycles. The molecule has 1 aromatic rings. The second kappa shape index (κ2) is 4.27. The zero-order valence-corrected chi connectivity index (χ0v) is 10.3. The van der Waals surface area contributed by atoms with Gasteiger partial charge in [0.25, 0.3) is 0 Å². The van der Waals surface area contributed by atoms with Gasteiger partial charge in [0.2, 0.25) is 10.0 Å². The maximum absolute atomic E-state index is 11.4. The lowest BCUT2D eigenvalue weighted by molar-refractivity contribution is 0.592. The van der Waals surface area contributed by atoms with Crippen molar-refractivity contribution in [3.8, 4) is 0 Å². The third-order valence-corrected chi connectivity index (χ3v) is 3.76. The minimum atomic E-state index is -3.30. The SMILES string of the molecule is CC(C)S(=O)(=O)Nc1cccc(Br)n1. The lowest BCUT2D eigenvalue weighted by atomic mass is 10.5. The summed E-state index contributed by atoms with van der Waals surface area (Å²) in [7, 11) is -3.30. The van der Waals surface area contributed by atoms with E-state index in [2.05, 4.69) is 25.6 Å². The molecule has 1 N–H and O–H groups in total. The second-order valence-electron chi connectivity index (χ2n) is 3.04. The lowest BCUT2D eigenvalue weighted by Gasteiger charge is -2.09. The van der Waals surface area contributed by atoms with Crippen molar-refractivity contribution < 1.29 is 8.42 Å². The van der Waals surface area contributed by atoms with Crippen LogP contribution in [0.15, 0.2) is 22.8 Å². The van der Waals surface area contributed by atoms with E-state index in [1.165, 1.54) is 0 Å². The molecule has 0 bridgehead atoms. The Morgan fingerprint density at radius 3 is 2.57 bits per heavy atom. The van der Waals surface area contributed by atoms with Crippen molar-refractivity contribution in [2.24, 2.45) is 0 Å².